The monoisotopic (exact) mass is 222 g/mol. The van der Waals surface area contributed by atoms with Crippen LogP contribution in [0.2, 0.25) is 0 Å². The largest absolute Gasteiger partial charge is 0.380 e. The molecular formula is C13H22N2O. The Morgan fingerprint density at radius 2 is 2.06 bits per heavy atom. The zero-order chi connectivity index (χ0) is 12.0. The minimum Gasteiger partial charge on any atom is -0.380 e. The molecule has 0 bridgehead atoms. The Balaban J connectivity index is 2.51. The molecule has 0 aliphatic heterocycles. The second-order valence-electron chi connectivity index (χ2n) is 4.27. The maximum absolute atomic E-state index is 5.62. The second-order valence-corrected chi connectivity index (χ2v) is 4.27. The van der Waals surface area contributed by atoms with Gasteiger partial charge in [-0.3, -0.25) is 4.90 Å². The minimum absolute atomic E-state index is 0.266. The van der Waals surface area contributed by atoms with Gasteiger partial charge < -0.3 is 10.5 Å². The summed E-state index contributed by atoms with van der Waals surface area (Å²) in [6.07, 6.45) is 0.266. The molecule has 0 aliphatic carbocycles. The molecule has 16 heavy (non-hydrogen) atoms. The standard InChI is InChI=1S/C13H22N2O/c1-11(16-3)9-15(2)10-13-6-4-5-12(7-13)8-14/h4-7,11H,8-10,14H2,1-3H3. The van der Waals surface area contributed by atoms with Crippen LogP contribution in [-0.2, 0) is 17.8 Å². The summed E-state index contributed by atoms with van der Waals surface area (Å²) in [7, 11) is 3.85. The van der Waals surface area contributed by atoms with Crippen molar-refractivity contribution in [3.63, 3.8) is 0 Å². The van der Waals surface area contributed by atoms with Crippen LogP contribution in [0.25, 0.3) is 0 Å². The summed E-state index contributed by atoms with van der Waals surface area (Å²) in [5, 5.41) is 0. The lowest BCUT2D eigenvalue weighted by Crippen LogP contribution is -2.28. The molecule has 3 heteroatoms. The van der Waals surface area contributed by atoms with Gasteiger partial charge in [0.1, 0.15) is 0 Å². The Morgan fingerprint density at radius 3 is 2.69 bits per heavy atom. The van der Waals surface area contributed by atoms with Crippen LogP contribution >= 0.6 is 0 Å². The second kappa shape index (κ2) is 6.63. The summed E-state index contributed by atoms with van der Waals surface area (Å²) in [5.74, 6) is 0. The van der Waals surface area contributed by atoms with Crippen LogP contribution in [0.5, 0.6) is 0 Å². The van der Waals surface area contributed by atoms with Crippen molar-refractivity contribution < 1.29 is 4.74 Å². The lowest BCUT2D eigenvalue weighted by molar-refractivity contribution is 0.0837. The molecule has 0 amide bonds. The molecule has 0 spiro atoms. The Bertz CT molecular complexity index is 315. The van der Waals surface area contributed by atoms with Crippen molar-refractivity contribution >= 4 is 0 Å². The van der Waals surface area contributed by atoms with E-state index in [-0.39, 0.29) is 6.10 Å². The molecule has 0 aromatic heterocycles. The molecule has 1 rings (SSSR count). The van der Waals surface area contributed by atoms with Gasteiger partial charge in [0.25, 0.3) is 0 Å². The molecule has 0 saturated heterocycles. The molecule has 0 saturated carbocycles. The van der Waals surface area contributed by atoms with Gasteiger partial charge in [0.15, 0.2) is 0 Å². The van der Waals surface area contributed by atoms with E-state index in [0.29, 0.717) is 6.54 Å². The first kappa shape index (κ1) is 13.2. The normalized spacial score (nSPS) is 13.1. The van der Waals surface area contributed by atoms with E-state index in [9.17, 15) is 0 Å². The molecule has 3 nitrogen and oxygen atoms in total. The number of ether oxygens (including phenoxy) is 1. The SMILES string of the molecule is COC(C)CN(C)Cc1cccc(CN)c1. The lowest BCUT2D eigenvalue weighted by Gasteiger charge is -2.20. The third-order valence-electron chi connectivity index (χ3n) is 2.65. The van der Waals surface area contributed by atoms with Crippen molar-refractivity contribution in [2.45, 2.75) is 26.1 Å². The predicted octanol–water partition coefficient (Wildman–Crippen LogP) is 1.61. The Labute approximate surface area is 98.2 Å². The average Bonchev–Trinajstić information content (AvgIpc) is 2.28. The molecule has 0 aliphatic rings. The van der Waals surface area contributed by atoms with E-state index in [2.05, 4.69) is 43.1 Å². The van der Waals surface area contributed by atoms with Gasteiger partial charge in [-0.1, -0.05) is 24.3 Å². The minimum atomic E-state index is 0.266. The van der Waals surface area contributed by atoms with Gasteiger partial charge in [0, 0.05) is 26.7 Å². The van der Waals surface area contributed by atoms with E-state index in [0.717, 1.165) is 13.1 Å². The molecule has 0 fully saturated rings. The molecule has 0 radical (unpaired) electrons. The number of nitrogens with zero attached hydrogens (tertiary/aromatic N) is 1. The zero-order valence-corrected chi connectivity index (χ0v) is 10.4. The van der Waals surface area contributed by atoms with Crippen molar-refractivity contribution in [3.8, 4) is 0 Å². The number of rotatable bonds is 6. The molecule has 90 valence electrons. The van der Waals surface area contributed by atoms with Gasteiger partial charge in [0.2, 0.25) is 0 Å². The van der Waals surface area contributed by atoms with Crippen molar-refractivity contribution in [2.24, 2.45) is 5.73 Å². The Kier molecular flexibility index (Phi) is 5.46. The Morgan fingerprint density at radius 1 is 1.38 bits per heavy atom. The van der Waals surface area contributed by atoms with E-state index >= 15 is 0 Å². The average molecular weight is 222 g/mol. The summed E-state index contributed by atoms with van der Waals surface area (Å²) in [6.45, 7) is 4.55. The van der Waals surface area contributed by atoms with Crippen molar-refractivity contribution in [1.29, 1.82) is 0 Å². The highest BCUT2D eigenvalue weighted by Gasteiger charge is 2.05. The quantitative estimate of drug-likeness (QED) is 0.794. The highest BCUT2D eigenvalue weighted by Crippen LogP contribution is 2.07. The van der Waals surface area contributed by atoms with Gasteiger partial charge >= 0.3 is 0 Å². The number of methoxy groups -OCH3 is 1. The first-order valence-corrected chi connectivity index (χ1v) is 5.65. The third-order valence-corrected chi connectivity index (χ3v) is 2.65. The number of hydrogen-bond donors (Lipinski definition) is 1. The smallest absolute Gasteiger partial charge is 0.0670 e. The highest BCUT2D eigenvalue weighted by molar-refractivity contribution is 5.23. The topological polar surface area (TPSA) is 38.5 Å². The summed E-state index contributed by atoms with van der Waals surface area (Å²) >= 11 is 0. The fourth-order valence-corrected chi connectivity index (χ4v) is 1.74. The number of hydrogen-bond acceptors (Lipinski definition) is 3. The van der Waals surface area contributed by atoms with E-state index in [1.54, 1.807) is 7.11 Å². The molecule has 1 aromatic carbocycles. The van der Waals surface area contributed by atoms with Crippen LogP contribution in [-0.4, -0.2) is 31.7 Å². The van der Waals surface area contributed by atoms with Crippen LogP contribution in [0, 0.1) is 0 Å². The lowest BCUT2D eigenvalue weighted by atomic mass is 10.1. The Hall–Kier alpha value is -0.900. The summed E-state index contributed by atoms with van der Waals surface area (Å²) in [6, 6.07) is 8.41. The molecular weight excluding hydrogens is 200 g/mol. The van der Waals surface area contributed by atoms with Crippen LogP contribution < -0.4 is 5.73 Å². The van der Waals surface area contributed by atoms with Crippen LogP contribution in [0.4, 0.5) is 0 Å². The van der Waals surface area contributed by atoms with Gasteiger partial charge in [-0.2, -0.15) is 0 Å². The molecule has 0 heterocycles. The summed E-state index contributed by atoms with van der Waals surface area (Å²) in [5.41, 5.74) is 8.10. The van der Waals surface area contributed by atoms with Crippen LogP contribution in [0.3, 0.4) is 0 Å². The van der Waals surface area contributed by atoms with Gasteiger partial charge in [-0.05, 0) is 25.1 Å². The van der Waals surface area contributed by atoms with Crippen molar-refractivity contribution in [1.82, 2.24) is 4.90 Å². The summed E-state index contributed by atoms with van der Waals surface area (Å²) in [4.78, 5) is 2.25. The maximum Gasteiger partial charge on any atom is 0.0670 e. The maximum atomic E-state index is 5.62. The van der Waals surface area contributed by atoms with Gasteiger partial charge in [0.05, 0.1) is 6.10 Å². The van der Waals surface area contributed by atoms with E-state index in [1.165, 1.54) is 11.1 Å². The zero-order valence-electron chi connectivity index (χ0n) is 10.4. The first-order chi connectivity index (χ1) is 7.65. The first-order valence-electron chi connectivity index (χ1n) is 5.65. The fraction of sp³-hybridized carbons (Fsp3) is 0.538. The third kappa shape index (κ3) is 4.31. The van der Waals surface area contributed by atoms with Crippen molar-refractivity contribution in [3.05, 3.63) is 35.4 Å². The van der Waals surface area contributed by atoms with Gasteiger partial charge in [-0.15, -0.1) is 0 Å². The van der Waals surface area contributed by atoms with E-state index in [4.69, 9.17) is 10.5 Å². The number of nitrogens with two attached hydrogens (primary N) is 1. The fourth-order valence-electron chi connectivity index (χ4n) is 1.74. The van der Waals surface area contributed by atoms with E-state index < -0.39 is 0 Å². The highest BCUT2D eigenvalue weighted by atomic mass is 16.5. The number of likely N-dealkylation sites (N-methyl/N-ethyl adjacent to an activating group) is 1. The summed E-state index contributed by atoms with van der Waals surface area (Å²) < 4.78 is 5.24. The molecule has 1 atom stereocenters. The van der Waals surface area contributed by atoms with Crippen LogP contribution in [0.1, 0.15) is 18.1 Å². The molecule has 1 unspecified atom stereocenters. The van der Waals surface area contributed by atoms with E-state index in [1.807, 2.05) is 0 Å². The van der Waals surface area contributed by atoms with Crippen LogP contribution in [0.15, 0.2) is 24.3 Å². The predicted molar refractivity (Wildman–Crippen MR) is 67.1 cm³/mol. The van der Waals surface area contributed by atoms with Crippen molar-refractivity contribution in [2.75, 3.05) is 20.7 Å². The molecule has 1 aromatic rings. The van der Waals surface area contributed by atoms with Gasteiger partial charge in [-0.25, -0.2) is 0 Å². The number of benzene rings is 1. The molecule has 2 N–H and O–H groups in total.